The highest BCUT2D eigenvalue weighted by Crippen LogP contribution is 2.27. The monoisotopic (exact) mass is 394 g/mol. The molecule has 148 valence electrons. The Balaban J connectivity index is 1.45. The first-order valence-corrected chi connectivity index (χ1v) is 8.87. The van der Waals surface area contributed by atoms with Crippen LogP contribution in [0.15, 0.2) is 30.3 Å². The van der Waals surface area contributed by atoms with E-state index in [0.717, 1.165) is 6.07 Å². The van der Waals surface area contributed by atoms with Gasteiger partial charge in [-0.15, -0.1) is 15.3 Å². The second-order valence-electron chi connectivity index (χ2n) is 6.59. The SMILES string of the molecule is FCc1nnc2ccc(N3CCN(Cc4cccc(F)c4C(F)F)CC3)nn12. The molecule has 0 atom stereocenters. The molecule has 1 aliphatic rings. The Morgan fingerprint density at radius 3 is 2.50 bits per heavy atom. The molecule has 6 nitrogen and oxygen atoms in total. The molecule has 10 heteroatoms. The molecular formula is C18H18F4N6. The molecule has 0 unspecified atom stereocenters. The predicted octanol–water partition coefficient (Wildman–Crippen LogP) is 2.99. The van der Waals surface area contributed by atoms with E-state index in [4.69, 9.17) is 0 Å². The lowest BCUT2D eigenvalue weighted by atomic mass is 10.1. The van der Waals surface area contributed by atoms with Gasteiger partial charge in [0.1, 0.15) is 11.6 Å². The lowest BCUT2D eigenvalue weighted by Crippen LogP contribution is -2.46. The summed E-state index contributed by atoms with van der Waals surface area (Å²) in [5, 5.41) is 12.0. The van der Waals surface area contributed by atoms with Gasteiger partial charge in [0.2, 0.25) is 0 Å². The van der Waals surface area contributed by atoms with Gasteiger partial charge in [-0.05, 0) is 23.8 Å². The second kappa shape index (κ2) is 7.70. The lowest BCUT2D eigenvalue weighted by Gasteiger charge is -2.35. The Hall–Kier alpha value is -2.75. The van der Waals surface area contributed by atoms with Crippen molar-refractivity contribution in [2.45, 2.75) is 19.6 Å². The van der Waals surface area contributed by atoms with E-state index < -0.39 is 24.5 Å². The van der Waals surface area contributed by atoms with Crippen molar-refractivity contribution in [2.24, 2.45) is 0 Å². The zero-order valence-electron chi connectivity index (χ0n) is 14.9. The Labute approximate surface area is 158 Å². The van der Waals surface area contributed by atoms with Crippen LogP contribution in [0.25, 0.3) is 5.65 Å². The van der Waals surface area contributed by atoms with E-state index in [1.54, 1.807) is 12.1 Å². The van der Waals surface area contributed by atoms with Crippen LogP contribution in [-0.4, -0.2) is 50.9 Å². The zero-order valence-corrected chi connectivity index (χ0v) is 14.9. The summed E-state index contributed by atoms with van der Waals surface area (Å²) < 4.78 is 54.4. The molecule has 0 spiro atoms. The number of alkyl halides is 3. The molecule has 3 aromatic rings. The Morgan fingerprint density at radius 1 is 1.00 bits per heavy atom. The number of nitrogens with zero attached hydrogens (tertiary/aromatic N) is 6. The van der Waals surface area contributed by atoms with E-state index in [0.29, 0.717) is 43.2 Å². The third kappa shape index (κ3) is 3.51. The smallest absolute Gasteiger partial charge is 0.266 e. The molecule has 1 aromatic carbocycles. The highest BCUT2D eigenvalue weighted by Gasteiger charge is 2.23. The van der Waals surface area contributed by atoms with Crippen molar-refractivity contribution in [1.29, 1.82) is 0 Å². The van der Waals surface area contributed by atoms with Crippen LogP contribution in [0, 0.1) is 5.82 Å². The molecule has 1 fully saturated rings. The van der Waals surface area contributed by atoms with Crippen LogP contribution in [0.2, 0.25) is 0 Å². The normalized spacial score (nSPS) is 15.7. The van der Waals surface area contributed by atoms with Crippen LogP contribution in [0.1, 0.15) is 23.4 Å². The fourth-order valence-electron chi connectivity index (χ4n) is 3.42. The third-order valence-corrected chi connectivity index (χ3v) is 4.88. The predicted molar refractivity (Wildman–Crippen MR) is 94.4 cm³/mol. The fourth-order valence-corrected chi connectivity index (χ4v) is 3.42. The van der Waals surface area contributed by atoms with E-state index in [1.807, 2.05) is 9.80 Å². The standard InChI is InChI=1S/C18H18F4N6/c19-10-16-24-23-14-4-5-15(25-28(14)16)27-8-6-26(7-9-27)11-12-2-1-3-13(20)17(12)18(21)22/h1-5,18H,6-11H2. The molecular weight excluding hydrogens is 376 g/mol. The molecule has 0 N–H and O–H groups in total. The summed E-state index contributed by atoms with van der Waals surface area (Å²) in [7, 11) is 0. The van der Waals surface area contributed by atoms with Crippen molar-refractivity contribution < 1.29 is 17.6 Å². The van der Waals surface area contributed by atoms with Crippen molar-refractivity contribution in [1.82, 2.24) is 24.7 Å². The van der Waals surface area contributed by atoms with Gasteiger partial charge in [-0.3, -0.25) is 4.90 Å². The summed E-state index contributed by atoms with van der Waals surface area (Å²) >= 11 is 0. The lowest BCUT2D eigenvalue weighted by molar-refractivity contribution is 0.142. The summed E-state index contributed by atoms with van der Waals surface area (Å²) in [6.45, 7) is 1.95. The highest BCUT2D eigenvalue weighted by molar-refractivity contribution is 5.46. The minimum absolute atomic E-state index is 0.140. The molecule has 2 aromatic heterocycles. The first kappa shape index (κ1) is 18.6. The number of rotatable bonds is 5. The highest BCUT2D eigenvalue weighted by atomic mass is 19.3. The van der Waals surface area contributed by atoms with E-state index in [9.17, 15) is 17.6 Å². The topological polar surface area (TPSA) is 49.6 Å². The molecule has 4 rings (SSSR count). The van der Waals surface area contributed by atoms with Crippen LogP contribution in [0.3, 0.4) is 0 Å². The average Bonchev–Trinajstić information content (AvgIpc) is 3.10. The van der Waals surface area contributed by atoms with Crippen molar-refractivity contribution >= 4 is 11.5 Å². The maximum atomic E-state index is 13.7. The fraction of sp³-hybridized carbons (Fsp3) is 0.389. The number of halogens is 4. The number of hydrogen-bond acceptors (Lipinski definition) is 5. The molecule has 1 saturated heterocycles. The first-order valence-electron chi connectivity index (χ1n) is 8.87. The van der Waals surface area contributed by atoms with Crippen molar-refractivity contribution in [3.8, 4) is 0 Å². The van der Waals surface area contributed by atoms with Gasteiger partial charge in [0, 0.05) is 32.7 Å². The van der Waals surface area contributed by atoms with Crippen molar-refractivity contribution in [3.05, 3.63) is 53.1 Å². The minimum atomic E-state index is -2.85. The molecule has 0 amide bonds. The number of piperazine rings is 1. The van der Waals surface area contributed by atoms with Gasteiger partial charge < -0.3 is 4.90 Å². The van der Waals surface area contributed by atoms with E-state index in [-0.39, 0.29) is 12.4 Å². The van der Waals surface area contributed by atoms with Gasteiger partial charge in [-0.25, -0.2) is 17.6 Å². The van der Waals surface area contributed by atoms with Gasteiger partial charge in [0.25, 0.3) is 6.43 Å². The number of anilines is 1. The maximum absolute atomic E-state index is 13.7. The molecule has 0 saturated carbocycles. The third-order valence-electron chi connectivity index (χ3n) is 4.88. The average molecular weight is 394 g/mol. The summed E-state index contributed by atoms with van der Waals surface area (Å²) in [6, 6.07) is 7.57. The Kier molecular flexibility index (Phi) is 5.12. The quantitative estimate of drug-likeness (QED) is 0.623. The van der Waals surface area contributed by atoms with Crippen molar-refractivity contribution in [3.63, 3.8) is 0 Å². The summed E-state index contributed by atoms with van der Waals surface area (Å²) in [6.07, 6.45) is -2.85. The van der Waals surface area contributed by atoms with Crippen LogP contribution in [-0.2, 0) is 13.2 Å². The van der Waals surface area contributed by atoms with E-state index >= 15 is 0 Å². The summed E-state index contributed by atoms with van der Waals surface area (Å²) in [5.74, 6) is -0.0666. The number of aromatic nitrogens is 4. The van der Waals surface area contributed by atoms with E-state index in [1.165, 1.54) is 16.6 Å². The Bertz CT molecular complexity index is 968. The van der Waals surface area contributed by atoms with Crippen LogP contribution in [0.5, 0.6) is 0 Å². The molecule has 28 heavy (non-hydrogen) atoms. The maximum Gasteiger partial charge on any atom is 0.266 e. The largest absolute Gasteiger partial charge is 0.353 e. The van der Waals surface area contributed by atoms with Gasteiger partial charge >= 0.3 is 0 Å². The summed E-state index contributed by atoms with van der Waals surface area (Å²) in [4.78, 5) is 4.03. The van der Waals surface area contributed by atoms with Gasteiger partial charge in [0.15, 0.2) is 18.1 Å². The molecule has 1 aliphatic heterocycles. The van der Waals surface area contributed by atoms with Crippen LogP contribution >= 0.6 is 0 Å². The van der Waals surface area contributed by atoms with Crippen molar-refractivity contribution in [2.75, 3.05) is 31.1 Å². The number of benzene rings is 1. The minimum Gasteiger partial charge on any atom is -0.353 e. The van der Waals surface area contributed by atoms with E-state index in [2.05, 4.69) is 15.3 Å². The van der Waals surface area contributed by atoms with Crippen LogP contribution < -0.4 is 4.90 Å². The molecule has 0 aliphatic carbocycles. The Morgan fingerprint density at radius 2 is 1.79 bits per heavy atom. The van der Waals surface area contributed by atoms with Gasteiger partial charge in [0.05, 0.1) is 5.56 Å². The molecule has 0 bridgehead atoms. The van der Waals surface area contributed by atoms with Crippen LogP contribution in [0.4, 0.5) is 23.4 Å². The zero-order chi connectivity index (χ0) is 19.7. The van der Waals surface area contributed by atoms with Gasteiger partial charge in [-0.2, -0.15) is 4.52 Å². The van der Waals surface area contributed by atoms with Gasteiger partial charge in [-0.1, -0.05) is 12.1 Å². The molecule has 3 heterocycles. The molecule has 0 radical (unpaired) electrons. The second-order valence-corrected chi connectivity index (χ2v) is 6.59. The first-order chi connectivity index (χ1) is 13.6. The number of fused-ring (bicyclic) bond motifs is 1. The summed E-state index contributed by atoms with van der Waals surface area (Å²) in [5.41, 5.74) is 0.254. The number of hydrogen-bond donors (Lipinski definition) is 0.